The molecule has 10 N–H and O–H groups in total. The van der Waals surface area contributed by atoms with Crippen LogP contribution in [0.3, 0.4) is 0 Å². The van der Waals surface area contributed by atoms with Crippen LogP contribution in [0.25, 0.3) is 0 Å². The van der Waals surface area contributed by atoms with Crippen LogP contribution >= 0.6 is 11.8 Å². The highest BCUT2D eigenvalue weighted by atomic mass is 32.2. The third kappa shape index (κ3) is 13.4. The van der Waals surface area contributed by atoms with Crippen LogP contribution in [0.15, 0.2) is 0 Å². The van der Waals surface area contributed by atoms with Crippen LogP contribution in [-0.2, 0) is 33.6 Å². The van der Waals surface area contributed by atoms with E-state index in [0.29, 0.717) is 0 Å². The first-order valence-electron chi connectivity index (χ1n) is 10.5. The van der Waals surface area contributed by atoms with Gasteiger partial charge in [0.1, 0.15) is 36.8 Å². The smallest absolute Gasteiger partial charge is 0.326 e. The zero-order valence-electron chi connectivity index (χ0n) is 19.6. The van der Waals surface area contributed by atoms with Crippen LogP contribution in [0.5, 0.6) is 0 Å². The van der Waals surface area contributed by atoms with Gasteiger partial charge in [0.15, 0.2) is 0 Å². The van der Waals surface area contributed by atoms with Gasteiger partial charge in [0.25, 0.3) is 0 Å². The topological polar surface area (TPSA) is 275 Å². The summed E-state index contributed by atoms with van der Waals surface area (Å²) >= 11 is 0.918. The highest BCUT2D eigenvalue weighted by Gasteiger charge is 2.27. The van der Waals surface area contributed by atoms with E-state index in [1.807, 2.05) is 0 Å². The number of carboxylic acid groups (broad SMARTS) is 3. The van der Waals surface area contributed by atoms with Crippen molar-refractivity contribution in [3.8, 4) is 0 Å². The first kappa shape index (κ1) is 32.6. The molecule has 4 amide bonds. The molecule has 36 heavy (non-hydrogen) atoms. The van der Waals surface area contributed by atoms with Crippen molar-refractivity contribution in [2.45, 2.75) is 57.0 Å². The minimum atomic E-state index is -1.53. The van der Waals surface area contributed by atoms with E-state index in [1.54, 1.807) is 0 Å². The maximum Gasteiger partial charge on any atom is 0.326 e. The lowest BCUT2D eigenvalue weighted by Gasteiger charge is -2.20. The largest absolute Gasteiger partial charge is 0.480 e. The number of carboxylic acids is 3. The van der Waals surface area contributed by atoms with E-state index in [1.165, 1.54) is 13.8 Å². The van der Waals surface area contributed by atoms with Gasteiger partial charge < -0.3 is 47.4 Å². The zero-order valence-corrected chi connectivity index (χ0v) is 20.4. The Hall–Kier alpha value is -3.44. The fourth-order valence-corrected chi connectivity index (χ4v) is 3.35. The highest BCUT2D eigenvalue weighted by molar-refractivity contribution is 7.99. The molecule has 204 valence electrons. The maximum atomic E-state index is 12.3. The first-order valence-corrected chi connectivity index (χ1v) is 11.7. The molecule has 0 radical (unpaired) electrons. The average molecular weight is 538 g/mol. The molecule has 0 aromatic rings. The number of carbonyl (C=O) groups is 7. The number of carbonyl (C=O) groups excluding carboxylic acids is 4. The van der Waals surface area contributed by atoms with Crippen molar-refractivity contribution in [2.24, 2.45) is 5.73 Å². The van der Waals surface area contributed by atoms with E-state index in [4.69, 9.17) is 15.9 Å². The first-order chi connectivity index (χ1) is 16.6. The summed E-state index contributed by atoms with van der Waals surface area (Å²) in [7, 11) is 0. The Morgan fingerprint density at radius 3 is 1.92 bits per heavy atom. The van der Waals surface area contributed by atoms with Gasteiger partial charge in [-0.15, -0.1) is 0 Å². The molecule has 5 atom stereocenters. The van der Waals surface area contributed by atoms with E-state index in [9.17, 15) is 43.8 Å². The fraction of sp³-hybridized carbons (Fsp3) is 0.632. The van der Waals surface area contributed by atoms with Gasteiger partial charge >= 0.3 is 17.9 Å². The van der Waals surface area contributed by atoms with Crippen LogP contribution in [-0.4, -0.2) is 110 Å². The normalized spacial score (nSPS) is 14.8. The van der Waals surface area contributed by atoms with Crippen molar-refractivity contribution in [3.05, 3.63) is 0 Å². The molecule has 0 spiro atoms. The lowest BCUT2D eigenvalue weighted by Crippen LogP contribution is -2.52. The predicted octanol–water partition coefficient (Wildman–Crippen LogP) is -3.95. The summed E-state index contributed by atoms with van der Waals surface area (Å²) in [4.78, 5) is 81.2. The zero-order chi connectivity index (χ0) is 28.0. The van der Waals surface area contributed by atoms with Crippen LogP contribution in [0.4, 0.5) is 0 Å². The Morgan fingerprint density at radius 2 is 1.42 bits per heavy atom. The molecule has 0 heterocycles. The number of aliphatic hydroxyl groups is 1. The Kier molecular flexibility index (Phi) is 14.7. The molecule has 0 rings (SSSR count). The lowest BCUT2D eigenvalue weighted by atomic mass is 10.1. The van der Waals surface area contributed by atoms with E-state index in [0.717, 1.165) is 11.8 Å². The number of hydrogen-bond acceptors (Lipinski definition) is 10. The Balaban J connectivity index is 5.04. The highest BCUT2D eigenvalue weighted by Crippen LogP contribution is 2.07. The monoisotopic (exact) mass is 537 g/mol. The van der Waals surface area contributed by atoms with Crippen molar-refractivity contribution in [1.82, 2.24) is 21.3 Å². The summed E-state index contributed by atoms with van der Waals surface area (Å²) in [6, 6.07) is -5.23. The molecule has 0 aliphatic carbocycles. The molecule has 0 unspecified atom stereocenters. The van der Waals surface area contributed by atoms with E-state index in [-0.39, 0.29) is 11.5 Å². The minimum Gasteiger partial charge on any atom is -0.480 e. The van der Waals surface area contributed by atoms with Crippen molar-refractivity contribution in [1.29, 1.82) is 0 Å². The Labute approximate surface area is 209 Å². The summed E-state index contributed by atoms with van der Waals surface area (Å²) < 4.78 is 0. The molecule has 0 aliphatic heterocycles. The Bertz CT molecular complexity index is 839. The number of amides is 4. The van der Waals surface area contributed by atoms with Gasteiger partial charge in [0.2, 0.25) is 23.6 Å². The summed E-state index contributed by atoms with van der Waals surface area (Å²) in [5, 5.41) is 44.7. The number of rotatable bonds is 17. The van der Waals surface area contributed by atoms with Gasteiger partial charge in [-0.1, -0.05) is 0 Å². The maximum absolute atomic E-state index is 12.3. The van der Waals surface area contributed by atoms with Gasteiger partial charge in [-0.2, -0.15) is 11.8 Å². The third-order valence-corrected chi connectivity index (χ3v) is 5.53. The predicted molar refractivity (Wildman–Crippen MR) is 124 cm³/mol. The number of aliphatic hydroxyl groups excluding tert-OH is 1. The SMILES string of the molecule is C[C@H](NC(=O)[C@@H](C)O)C(=O)N[C@H](CCC(=O)N[C@H](CSC[C@H](N)C(=O)O)C(=O)NCC(=O)O)C(=O)O. The van der Waals surface area contributed by atoms with Crippen molar-refractivity contribution in [3.63, 3.8) is 0 Å². The van der Waals surface area contributed by atoms with Crippen LogP contribution in [0.2, 0.25) is 0 Å². The van der Waals surface area contributed by atoms with Crippen molar-refractivity contribution >= 4 is 53.3 Å². The molecule has 16 nitrogen and oxygen atoms in total. The summed E-state index contributed by atoms with van der Waals surface area (Å²) in [6.45, 7) is 1.70. The number of nitrogens with one attached hydrogen (secondary N) is 4. The average Bonchev–Trinajstić information content (AvgIpc) is 2.78. The second-order valence-corrected chi connectivity index (χ2v) is 8.63. The van der Waals surface area contributed by atoms with Gasteiger partial charge in [-0.3, -0.25) is 28.8 Å². The number of hydrogen-bond donors (Lipinski definition) is 9. The van der Waals surface area contributed by atoms with Gasteiger partial charge in [0.05, 0.1) is 0 Å². The molecule has 0 aromatic carbocycles. The molecule has 0 saturated carbocycles. The fourth-order valence-electron chi connectivity index (χ4n) is 2.35. The number of nitrogens with two attached hydrogens (primary N) is 1. The summed E-state index contributed by atoms with van der Waals surface area (Å²) in [5.41, 5.74) is 5.38. The van der Waals surface area contributed by atoms with Crippen molar-refractivity contribution < 1.29 is 54.0 Å². The van der Waals surface area contributed by atoms with E-state index >= 15 is 0 Å². The van der Waals surface area contributed by atoms with Crippen molar-refractivity contribution in [2.75, 3.05) is 18.1 Å². The second kappa shape index (κ2) is 16.3. The molecule has 0 aromatic heterocycles. The summed E-state index contributed by atoms with van der Waals surface area (Å²) in [5.74, 6) is -7.75. The quantitative estimate of drug-likeness (QED) is 0.0858. The molecular formula is C19H31N5O11S. The summed E-state index contributed by atoms with van der Waals surface area (Å²) in [6.07, 6.45) is -2.25. The molecule has 0 saturated heterocycles. The number of thioether (sulfide) groups is 1. The number of aliphatic carboxylic acids is 3. The molecule has 17 heteroatoms. The lowest BCUT2D eigenvalue weighted by molar-refractivity contribution is -0.142. The minimum absolute atomic E-state index is 0.106. The third-order valence-electron chi connectivity index (χ3n) is 4.37. The molecule has 0 bridgehead atoms. The second-order valence-electron chi connectivity index (χ2n) is 7.56. The van der Waals surface area contributed by atoms with Gasteiger partial charge in [0, 0.05) is 17.9 Å². The van der Waals surface area contributed by atoms with Gasteiger partial charge in [-0.25, -0.2) is 4.79 Å². The molecular weight excluding hydrogens is 506 g/mol. The van der Waals surface area contributed by atoms with Gasteiger partial charge in [-0.05, 0) is 20.3 Å². The van der Waals surface area contributed by atoms with E-state index in [2.05, 4.69) is 21.3 Å². The molecule has 0 fully saturated rings. The van der Waals surface area contributed by atoms with Crippen LogP contribution in [0, 0.1) is 0 Å². The van der Waals surface area contributed by atoms with Crippen LogP contribution < -0.4 is 27.0 Å². The standard InChI is InChI=1S/C19H31N5O11S/c1-8(22-16(30)9(2)25)15(29)24-11(19(34)35)3-4-13(26)23-12(17(31)21-5-14(27)28)7-36-6-10(20)18(32)33/h8-12,25H,3-7,20H2,1-2H3,(H,21,31)(H,22,30)(H,23,26)(H,24,29)(H,27,28)(H,32,33)(H,34,35)/t8-,9+,10-,11+,12+/m0/s1. The molecule has 0 aliphatic rings. The van der Waals surface area contributed by atoms with E-state index < -0.39 is 91.2 Å². The Morgan fingerprint density at radius 1 is 0.806 bits per heavy atom. The van der Waals surface area contributed by atoms with Crippen LogP contribution in [0.1, 0.15) is 26.7 Å².